The molecule has 0 spiro atoms. The summed E-state index contributed by atoms with van der Waals surface area (Å²) in [6, 6.07) is 4.83. The van der Waals surface area contributed by atoms with Gasteiger partial charge < -0.3 is 0 Å². The standard InChI is InChI=1S/C8H5ClO2S/c9-7-2-1-6-3-4-12(10,11)8(6)5-7/h1-5H. The Morgan fingerprint density at radius 2 is 2.00 bits per heavy atom. The zero-order valence-corrected chi connectivity index (χ0v) is 7.56. The van der Waals surface area contributed by atoms with Crippen molar-refractivity contribution in [2.45, 2.75) is 4.90 Å². The van der Waals surface area contributed by atoms with Gasteiger partial charge in [-0.2, -0.15) is 0 Å². The summed E-state index contributed by atoms with van der Waals surface area (Å²) in [6.07, 6.45) is 1.57. The summed E-state index contributed by atoms with van der Waals surface area (Å²) < 4.78 is 22.5. The number of hydrogen-bond acceptors (Lipinski definition) is 2. The van der Waals surface area contributed by atoms with Crippen LogP contribution in [0.4, 0.5) is 0 Å². The Morgan fingerprint density at radius 3 is 2.75 bits per heavy atom. The van der Waals surface area contributed by atoms with Gasteiger partial charge in [0.25, 0.3) is 0 Å². The van der Waals surface area contributed by atoms with Crippen molar-refractivity contribution in [3.8, 4) is 0 Å². The SMILES string of the molecule is O=S1(=O)C=Cc2ccc(Cl)cc21. The molecule has 1 aliphatic heterocycles. The molecule has 2 rings (SSSR count). The monoisotopic (exact) mass is 200 g/mol. The average molecular weight is 201 g/mol. The lowest BCUT2D eigenvalue weighted by Crippen LogP contribution is -1.92. The molecule has 1 aliphatic rings. The van der Waals surface area contributed by atoms with Gasteiger partial charge in [0.15, 0.2) is 9.84 Å². The maximum absolute atomic E-state index is 11.3. The second kappa shape index (κ2) is 2.34. The molecule has 1 aromatic carbocycles. The van der Waals surface area contributed by atoms with Crippen LogP contribution in [0.25, 0.3) is 6.08 Å². The van der Waals surface area contributed by atoms with E-state index in [0.29, 0.717) is 15.5 Å². The third kappa shape index (κ3) is 1.06. The van der Waals surface area contributed by atoms with E-state index in [1.54, 1.807) is 18.2 Å². The molecule has 2 nitrogen and oxygen atoms in total. The van der Waals surface area contributed by atoms with Gasteiger partial charge in [0.1, 0.15) is 0 Å². The first-order valence-corrected chi connectivity index (χ1v) is 5.25. The van der Waals surface area contributed by atoms with Crippen molar-refractivity contribution in [2.24, 2.45) is 0 Å². The molecular weight excluding hydrogens is 196 g/mol. The summed E-state index contributed by atoms with van der Waals surface area (Å²) >= 11 is 5.66. The summed E-state index contributed by atoms with van der Waals surface area (Å²) in [7, 11) is -3.19. The largest absolute Gasteiger partial charge is 0.219 e. The van der Waals surface area contributed by atoms with E-state index in [1.807, 2.05) is 0 Å². The fraction of sp³-hybridized carbons (Fsp3) is 0. The van der Waals surface area contributed by atoms with Gasteiger partial charge in [0, 0.05) is 10.4 Å². The zero-order chi connectivity index (χ0) is 8.77. The average Bonchev–Trinajstić information content (AvgIpc) is 2.28. The van der Waals surface area contributed by atoms with Crippen molar-refractivity contribution in [1.29, 1.82) is 0 Å². The highest BCUT2D eigenvalue weighted by molar-refractivity contribution is 7.94. The first-order chi connectivity index (χ1) is 5.59. The van der Waals surface area contributed by atoms with Crippen LogP contribution < -0.4 is 0 Å². The lowest BCUT2D eigenvalue weighted by molar-refractivity contribution is 0.605. The Labute approximate surface area is 75.4 Å². The van der Waals surface area contributed by atoms with E-state index >= 15 is 0 Å². The number of rotatable bonds is 0. The molecular formula is C8H5ClO2S. The Kier molecular flexibility index (Phi) is 1.53. The van der Waals surface area contributed by atoms with E-state index < -0.39 is 9.84 Å². The van der Waals surface area contributed by atoms with Gasteiger partial charge in [-0.25, -0.2) is 8.42 Å². The van der Waals surface area contributed by atoms with E-state index in [2.05, 4.69) is 0 Å². The van der Waals surface area contributed by atoms with Crippen molar-refractivity contribution in [3.05, 3.63) is 34.2 Å². The van der Waals surface area contributed by atoms with Crippen molar-refractivity contribution in [1.82, 2.24) is 0 Å². The molecule has 0 aromatic heterocycles. The normalized spacial score (nSPS) is 17.8. The number of hydrogen-bond donors (Lipinski definition) is 0. The van der Waals surface area contributed by atoms with Gasteiger partial charge in [0.05, 0.1) is 4.90 Å². The van der Waals surface area contributed by atoms with Gasteiger partial charge in [-0.3, -0.25) is 0 Å². The third-order valence-electron chi connectivity index (χ3n) is 1.71. The summed E-state index contributed by atoms with van der Waals surface area (Å²) in [5, 5.41) is 1.63. The molecule has 0 atom stereocenters. The molecule has 4 heteroatoms. The molecule has 1 aromatic rings. The van der Waals surface area contributed by atoms with Crippen molar-refractivity contribution < 1.29 is 8.42 Å². The van der Waals surface area contributed by atoms with Crippen molar-refractivity contribution in [2.75, 3.05) is 0 Å². The Hall–Kier alpha value is -0.800. The fourth-order valence-electron chi connectivity index (χ4n) is 1.13. The van der Waals surface area contributed by atoms with Crippen LogP contribution in [0.1, 0.15) is 5.56 Å². The molecule has 0 amide bonds. The Balaban J connectivity index is 2.80. The second-order valence-electron chi connectivity index (χ2n) is 2.53. The molecule has 0 aliphatic carbocycles. The Bertz CT molecular complexity index is 460. The minimum Gasteiger partial charge on any atom is -0.219 e. The first-order valence-electron chi connectivity index (χ1n) is 3.32. The minimum atomic E-state index is -3.19. The predicted octanol–water partition coefficient (Wildman–Crippen LogP) is 2.10. The highest BCUT2D eigenvalue weighted by Gasteiger charge is 2.20. The molecule has 0 N–H and O–H groups in total. The summed E-state index contributed by atoms with van der Waals surface area (Å²) in [5.41, 5.74) is 0.708. The molecule has 1 heterocycles. The lowest BCUT2D eigenvalue weighted by Gasteiger charge is -1.97. The third-order valence-corrected chi connectivity index (χ3v) is 3.40. The van der Waals surface area contributed by atoms with Crippen LogP contribution in [0.3, 0.4) is 0 Å². The van der Waals surface area contributed by atoms with Crippen molar-refractivity contribution >= 4 is 27.5 Å². The molecule has 62 valence electrons. The van der Waals surface area contributed by atoms with Gasteiger partial charge in [0.2, 0.25) is 0 Å². The van der Waals surface area contributed by atoms with E-state index in [0.717, 1.165) is 0 Å². The van der Waals surface area contributed by atoms with Crippen LogP contribution in [-0.2, 0) is 9.84 Å². The quantitative estimate of drug-likeness (QED) is 0.643. The van der Waals surface area contributed by atoms with Gasteiger partial charge in [-0.05, 0) is 23.8 Å². The summed E-state index contributed by atoms with van der Waals surface area (Å²) in [4.78, 5) is 0.301. The molecule has 0 saturated heterocycles. The molecule has 12 heavy (non-hydrogen) atoms. The smallest absolute Gasteiger partial charge is 0.200 e. The first kappa shape index (κ1) is 7.83. The van der Waals surface area contributed by atoms with Crippen LogP contribution in [0.15, 0.2) is 28.5 Å². The molecule has 0 fully saturated rings. The van der Waals surface area contributed by atoms with Gasteiger partial charge >= 0.3 is 0 Å². The van der Waals surface area contributed by atoms with Crippen LogP contribution in [0.5, 0.6) is 0 Å². The fourth-order valence-corrected chi connectivity index (χ4v) is 2.59. The molecule has 0 radical (unpaired) electrons. The number of fused-ring (bicyclic) bond motifs is 1. The number of halogens is 1. The number of sulfone groups is 1. The lowest BCUT2D eigenvalue weighted by atomic mass is 10.2. The van der Waals surface area contributed by atoms with Gasteiger partial charge in [-0.15, -0.1) is 0 Å². The van der Waals surface area contributed by atoms with E-state index in [1.165, 1.54) is 11.5 Å². The summed E-state index contributed by atoms with van der Waals surface area (Å²) in [5.74, 6) is 0. The molecule has 0 saturated carbocycles. The maximum atomic E-state index is 11.3. The highest BCUT2D eigenvalue weighted by atomic mass is 35.5. The minimum absolute atomic E-state index is 0.301. The number of benzene rings is 1. The van der Waals surface area contributed by atoms with E-state index in [9.17, 15) is 8.42 Å². The molecule has 0 unspecified atom stereocenters. The van der Waals surface area contributed by atoms with Crippen LogP contribution in [-0.4, -0.2) is 8.42 Å². The van der Waals surface area contributed by atoms with E-state index in [4.69, 9.17) is 11.6 Å². The topological polar surface area (TPSA) is 34.1 Å². The predicted molar refractivity (Wildman–Crippen MR) is 47.7 cm³/mol. The molecule has 0 bridgehead atoms. The summed E-state index contributed by atoms with van der Waals surface area (Å²) in [6.45, 7) is 0. The van der Waals surface area contributed by atoms with Gasteiger partial charge in [-0.1, -0.05) is 17.7 Å². The van der Waals surface area contributed by atoms with Crippen molar-refractivity contribution in [3.63, 3.8) is 0 Å². The van der Waals surface area contributed by atoms with E-state index in [-0.39, 0.29) is 0 Å². The zero-order valence-electron chi connectivity index (χ0n) is 5.99. The maximum Gasteiger partial charge on any atom is 0.200 e. The highest BCUT2D eigenvalue weighted by Crippen LogP contribution is 2.28. The van der Waals surface area contributed by atoms with Crippen LogP contribution >= 0.6 is 11.6 Å². The second-order valence-corrected chi connectivity index (χ2v) is 4.77. The van der Waals surface area contributed by atoms with Crippen LogP contribution in [0.2, 0.25) is 5.02 Å². The van der Waals surface area contributed by atoms with Crippen LogP contribution in [0, 0.1) is 0 Å². The Morgan fingerprint density at radius 1 is 1.25 bits per heavy atom.